The standard InChI is InChI=1S/C16H26N2O2S/c1-4-14-10-9-13(12-17-2)11-16(14)21(19,20)18(3)15-7-5-6-8-15/h9-11,15,17H,4-8,12H2,1-3H3. The number of benzene rings is 1. The van der Waals surface area contributed by atoms with Gasteiger partial charge in [-0.1, -0.05) is 31.9 Å². The van der Waals surface area contributed by atoms with Crippen molar-refractivity contribution in [3.63, 3.8) is 0 Å². The van der Waals surface area contributed by atoms with Crippen LogP contribution in [0, 0.1) is 0 Å². The average Bonchev–Trinajstić information content (AvgIpc) is 3.00. The number of rotatable bonds is 6. The largest absolute Gasteiger partial charge is 0.316 e. The van der Waals surface area contributed by atoms with Gasteiger partial charge in [-0.3, -0.25) is 0 Å². The van der Waals surface area contributed by atoms with Crippen molar-refractivity contribution in [3.05, 3.63) is 29.3 Å². The summed E-state index contributed by atoms with van der Waals surface area (Å²) in [7, 11) is 0.199. The van der Waals surface area contributed by atoms with E-state index in [4.69, 9.17) is 0 Å². The second-order valence-corrected chi connectivity index (χ2v) is 7.75. The van der Waals surface area contributed by atoms with Gasteiger partial charge in [0.2, 0.25) is 10.0 Å². The zero-order chi connectivity index (χ0) is 15.5. The van der Waals surface area contributed by atoms with Crippen LogP contribution >= 0.6 is 0 Å². The van der Waals surface area contributed by atoms with Gasteiger partial charge >= 0.3 is 0 Å². The SMILES string of the molecule is CCc1ccc(CNC)cc1S(=O)(=O)N(C)C1CCCC1. The molecule has 0 saturated heterocycles. The smallest absolute Gasteiger partial charge is 0.243 e. The molecule has 0 amide bonds. The summed E-state index contributed by atoms with van der Waals surface area (Å²) in [6.45, 7) is 2.68. The van der Waals surface area contributed by atoms with Crippen LogP contribution in [0.2, 0.25) is 0 Å². The highest BCUT2D eigenvalue weighted by Crippen LogP contribution is 2.29. The highest BCUT2D eigenvalue weighted by molar-refractivity contribution is 7.89. The fraction of sp³-hybridized carbons (Fsp3) is 0.625. The van der Waals surface area contributed by atoms with Crippen molar-refractivity contribution < 1.29 is 8.42 Å². The van der Waals surface area contributed by atoms with Crippen LogP contribution in [-0.4, -0.2) is 32.9 Å². The van der Waals surface area contributed by atoms with E-state index in [0.717, 1.165) is 43.2 Å². The molecule has 1 saturated carbocycles. The highest BCUT2D eigenvalue weighted by atomic mass is 32.2. The Morgan fingerprint density at radius 2 is 1.95 bits per heavy atom. The molecule has 118 valence electrons. The maximum absolute atomic E-state index is 13.0. The molecule has 1 aliphatic carbocycles. The van der Waals surface area contributed by atoms with Crippen LogP contribution in [0.15, 0.2) is 23.1 Å². The Balaban J connectivity index is 2.39. The molecule has 1 fully saturated rings. The Morgan fingerprint density at radius 1 is 1.29 bits per heavy atom. The summed E-state index contributed by atoms with van der Waals surface area (Å²) in [6.07, 6.45) is 4.95. The quantitative estimate of drug-likeness (QED) is 0.878. The molecule has 21 heavy (non-hydrogen) atoms. The molecule has 0 heterocycles. The lowest BCUT2D eigenvalue weighted by molar-refractivity contribution is 0.372. The van der Waals surface area contributed by atoms with Crippen LogP contribution in [0.4, 0.5) is 0 Å². The van der Waals surface area contributed by atoms with Gasteiger partial charge in [0.25, 0.3) is 0 Å². The third kappa shape index (κ3) is 3.47. The number of hydrogen-bond donors (Lipinski definition) is 1. The first-order valence-corrected chi connectivity index (χ1v) is 9.19. The molecule has 0 atom stereocenters. The summed E-state index contributed by atoms with van der Waals surface area (Å²) < 4.78 is 27.5. The van der Waals surface area contributed by atoms with Crippen LogP contribution in [0.5, 0.6) is 0 Å². The Hall–Kier alpha value is -0.910. The molecule has 0 unspecified atom stereocenters. The molecular weight excluding hydrogens is 284 g/mol. The van der Waals surface area contributed by atoms with E-state index in [1.54, 1.807) is 11.4 Å². The Bertz CT molecular complexity index is 578. The van der Waals surface area contributed by atoms with E-state index >= 15 is 0 Å². The van der Waals surface area contributed by atoms with Crippen LogP contribution < -0.4 is 5.32 Å². The average molecular weight is 310 g/mol. The van der Waals surface area contributed by atoms with E-state index in [1.807, 2.05) is 32.2 Å². The first kappa shape index (κ1) is 16.5. The number of hydrogen-bond acceptors (Lipinski definition) is 3. The van der Waals surface area contributed by atoms with Gasteiger partial charge < -0.3 is 5.32 Å². The summed E-state index contributed by atoms with van der Waals surface area (Å²) in [5.74, 6) is 0. The zero-order valence-electron chi connectivity index (χ0n) is 13.2. The van der Waals surface area contributed by atoms with Crippen LogP contribution in [-0.2, 0) is 23.0 Å². The van der Waals surface area contributed by atoms with Crippen molar-refractivity contribution in [3.8, 4) is 0 Å². The lowest BCUT2D eigenvalue weighted by atomic mass is 10.1. The molecule has 1 aromatic rings. The molecule has 2 rings (SSSR count). The summed E-state index contributed by atoms with van der Waals surface area (Å²) in [6, 6.07) is 5.94. The predicted molar refractivity (Wildman–Crippen MR) is 85.8 cm³/mol. The number of nitrogens with one attached hydrogen (secondary N) is 1. The molecule has 1 aromatic carbocycles. The van der Waals surface area contributed by atoms with Gasteiger partial charge in [-0.05, 0) is 43.5 Å². The molecule has 0 radical (unpaired) electrons. The third-order valence-electron chi connectivity index (χ3n) is 4.39. The molecule has 5 heteroatoms. The number of aryl methyl sites for hydroxylation is 1. The maximum Gasteiger partial charge on any atom is 0.243 e. The van der Waals surface area contributed by atoms with E-state index in [1.165, 1.54) is 0 Å². The van der Waals surface area contributed by atoms with Crippen molar-refractivity contribution in [1.82, 2.24) is 9.62 Å². The van der Waals surface area contributed by atoms with Crippen molar-refractivity contribution >= 4 is 10.0 Å². The molecular formula is C16H26N2O2S. The predicted octanol–water partition coefficient (Wildman–Crippen LogP) is 2.53. The van der Waals surface area contributed by atoms with Crippen LogP contribution in [0.25, 0.3) is 0 Å². The number of sulfonamides is 1. The topological polar surface area (TPSA) is 49.4 Å². The Labute approximate surface area is 128 Å². The van der Waals surface area contributed by atoms with Gasteiger partial charge in [-0.25, -0.2) is 8.42 Å². The monoisotopic (exact) mass is 310 g/mol. The molecule has 0 bridgehead atoms. The number of nitrogens with zero attached hydrogens (tertiary/aromatic N) is 1. The lowest BCUT2D eigenvalue weighted by Gasteiger charge is -2.25. The van der Waals surface area contributed by atoms with Crippen molar-refractivity contribution in [2.45, 2.75) is 56.5 Å². The second-order valence-electron chi connectivity index (χ2n) is 5.79. The second kappa shape index (κ2) is 6.90. The van der Waals surface area contributed by atoms with E-state index < -0.39 is 10.0 Å². The highest BCUT2D eigenvalue weighted by Gasteiger charge is 2.31. The molecule has 1 N–H and O–H groups in total. The molecule has 4 nitrogen and oxygen atoms in total. The van der Waals surface area contributed by atoms with Crippen LogP contribution in [0.1, 0.15) is 43.7 Å². The zero-order valence-corrected chi connectivity index (χ0v) is 14.0. The van der Waals surface area contributed by atoms with Crippen molar-refractivity contribution in [1.29, 1.82) is 0 Å². The summed E-state index contributed by atoms with van der Waals surface area (Å²) in [5.41, 5.74) is 1.91. The summed E-state index contributed by atoms with van der Waals surface area (Å²) in [5, 5.41) is 3.08. The minimum Gasteiger partial charge on any atom is -0.316 e. The van der Waals surface area contributed by atoms with E-state index in [-0.39, 0.29) is 6.04 Å². The van der Waals surface area contributed by atoms with Gasteiger partial charge in [0, 0.05) is 19.6 Å². The van der Waals surface area contributed by atoms with Gasteiger partial charge in [-0.2, -0.15) is 4.31 Å². The van der Waals surface area contributed by atoms with E-state index in [9.17, 15) is 8.42 Å². The van der Waals surface area contributed by atoms with Gasteiger partial charge in [-0.15, -0.1) is 0 Å². The fourth-order valence-electron chi connectivity index (χ4n) is 3.06. The summed E-state index contributed by atoms with van der Waals surface area (Å²) in [4.78, 5) is 0.479. The van der Waals surface area contributed by atoms with Crippen molar-refractivity contribution in [2.24, 2.45) is 0 Å². The third-order valence-corrected chi connectivity index (χ3v) is 6.38. The van der Waals surface area contributed by atoms with E-state index in [2.05, 4.69) is 5.32 Å². The lowest BCUT2D eigenvalue weighted by Crippen LogP contribution is -2.35. The summed E-state index contributed by atoms with van der Waals surface area (Å²) >= 11 is 0. The minimum absolute atomic E-state index is 0.160. The normalized spacial score (nSPS) is 16.8. The van der Waals surface area contributed by atoms with Gasteiger partial charge in [0.15, 0.2) is 0 Å². The minimum atomic E-state index is -3.40. The van der Waals surface area contributed by atoms with Crippen molar-refractivity contribution in [2.75, 3.05) is 14.1 Å². The fourth-order valence-corrected chi connectivity index (χ4v) is 4.82. The maximum atomic E-state index is 13.0. The Kier molecular flexibility index (Phi) is 5.41. The van der Waals surface area contributed by atoms with E-state index in [0.29, 0.717) is 11.4 Å². The molecule has 0 aromatic heterocycles. The van der Waals surface area contributed by atoms with Gasteiger partial charge in [0.05, 0.1) is 4.90 Å². The first-order chi connectivity index (χ1) is 10.0. The Morgan fingerprint density at radius 3 is 2.52 bits per heavy atom. The molecule has 0 aliphatic heterocycles. The first-order valence-electron chi connectivity index (χ1n) is 7.75. The van der Waals surface area contributed by atoms with Gasteiger partial charge in [0.1, 0.15) is 0 Å². The molecule has 0 spiro atoms. The van der Waals surface area contributed by atoms with Crippen LogP contribution in [0.3, 0.4) is 0 Å². The molecule has 1 aliphatic rings.